The Bertz CT molecular complexity index is 1280. The van der Waals surface area contributed by atoms with E-state index in [1.807, 2.05) is 79.7 Å². The number of benzene rings is 3. The van der Waals surface area contributed by atoms with E-state index < -0.39 is 16.8 Å². The molecule has 0 aliphatic carbocycles. The highest BCUT2D eigenvalue weighted by molar-refractivity contribution is 6.54. The zero-order chi connectivity index (χ0) is 25.5. The van der Waals surface area contributed by atoms with E-state index in [9.17, 15) is 9.59 Å². The van der Waals surface area contributed by atoms with Gasteiger partial charge in [0.25, 0.3) is 5.91 Å². The molecular weight excluding hydrogens is 493 g/mol. The van der Waals surface area contributed by atoms with Crippen LogP contribution in [-0.2, 0) is 9.59 Å². The molecule has 0 bridgehead atoms. The topological polar surface area (TPSA) is 62.3 Å². The number of hydrogen-bond donors (Lipinski definition) is 1. The molecule has 4 aromatic rings. The number of carbonyl (C=O) groups is 2. The molecule has 0 unspecified atom stereocenters. The number of halogens is 2. The number of nitrogens with zero attached hydrogens (tertiary/aromatic N) is 2. The molecule has 1 aromatic heterocycles. The first-order valence-electron chi connectivity index (χ1n) is 11.5. The maximum atomic E-state index is 13.7. The van der Waals surface area contributed by atoms with Crippen LogP contribution < -0.4 is 10.2 Å². The largest absolute Gasteiger partial charge is 0.347 e. The zero-order valence-electron chi connectivity index (χ0n) is 19.6. The Morgan fingerprint density at radius 1 is 0.778 bits per heavy atom. The van der Waals surface area contributed by atoms with Gasteiger partial charge in [-0.05, 0) is 41.8 Å². The highest BCUT2D eigenvalue weighted by Gasteiger charge is 2.36. The highest BCUT2D eigenvalue weighted by atomic mass is 35.5. The second-order valence-electron chi connectivity index (χ2n) is 8.25. The third-order valence-electron chi connectivity index (χ3n) is 5.84. The summed E-state index contributed by atoms with van der Waals surface area (Å²) in [5.41, 5.74) is 3.97. The van der Waals surface area contributed by atoms with Gasteiger partial charge in [0.2, 0.25) is 5.91 Å². The molecule has 182 valence electrons. The first-order valence-corrected chi connectivity index (χ1v) is 12.3. The third kappa shape index (κ3) is 5.93. The van der Waals surface area contributed by atoms with Crippen molar-refractivity contribution in [1.82, 2.24) is 10.3 Å². The monoisotopic (exact) mass is 517 g/mol. The molecule has 1 N–H and O–H groups in total. The van der Waals surface area contributed by atoms with Crippen LogP contribution in [0.5, 0.6) is 0 Å². The van der Waals surface area contributed by atoms with Crippen LogP contribution >= 0.6 is 23.2 Å². The lowest BCUT2D eigenvalue weighted by Gasteiger charge is -2.32. The van der Waals surface area contributed by atoms with Crippen LogP contribution in [0, 0.1) is 0 Å². The fraction of sp³-hybridized carbons (Fsp3) is 0.138. The van der Waals surface area contributed by atoms with Gasteiger partial charge < -0.3 is 5.32 Å². The Kier molecular flexibility index (Phi) is 8.36. The van der Waals surface area contributed by atoms with Gasteiger partial charge in [0.15, 0.2) is 4.84 Å². The van der Waals surface area contributed by atoms with Gasteiger partial charge in [-0.3, -0.25) is 19.5 Å². The normalized spacial score (nSPS) is 12.6. The minimum absolute atomic E-state index is 0.293. The van der Waals surface area contributed by atoms with Gasteiger partial charge in [0.05, 0.1) is 6.04 Å². The van der Waals surface area contributed by atoms with Crippen molar-refractivity contribution in [3.63, 3.8) is 0 Å². The number of amides is 2. The van der Waals surface area contributed by atoms with Crippen LogP contribution in [0.15, 0.2) is 109 Å². The summed E-state index contributed by atoms with van der Waals surface area (Å²) in [5.74, 6) is -0.990. The number of carbonyl (C=O) groups excluding carboxylic acids is 2. The Hall–Kier alpha value is -3.67. The number of hydrogen-bond acceptors (Lipinski definition) is 3. The lowest BCUT2D eigenvalue weighted by molar-refractivity contribution is -0.126. The van der Waals surface area contributed by atoms with Gasteiger partial charge in [-0.25, -0.2) is 0 Å². The molecular formula is C29H25Cl2N3O2. The molecule has 2 atom stereocenters. The third-order valence-corrected chi connectivity index (χ3v) is 6.22. The van der Waals surface area contributed by atoms with Crippen molar-refractivity contribution in [1.29, 1.82) is 0 Å². The van der Waals surface area contributed by atoms with Crippen LogP contribution in [0.3, 0.4) is 0 Å². The minimum atomic E-state index is -1.36. The van der Waals surface area contributed by atoms with Crippen LogP contribution in [0.25, 0.3) is 11.1 Å². The summed E-state index contributed by atoms with van der Waals surface area (Å²) in [6.45, 7) is 1.89. The summed E-state index contributed by atoms with van der Waals surface area (Å²) in [4.78, 5) is 31.2. The number of pyridine rings is 1. The van der Waals surface area contributed by atoms with Crippen molar-refractivity contribution in [2.45, 2.75) is 23.8 Å². The van der Waals surface area contributed by atoms with E-state index in [2.05, 4.69) is 10.3 Å². The van der Waals surface area contributed by atoms with Crippen LogP contribution in [0.4, 0.5) is 5.69 Å². The van der Waals surface area contributed by atoms with Crippen LogP contribution in [-0.4, -0.2) is 21.6 Å². The molecule has 0 radical (unpaired) electrons. The Morgan fingerprint density at radius 3 is 1.94 bits per heavy atom. The average molecular weight is 518 g/mol. The summed E-state index contributed by atoms with van der Waals surface area (Å²) < 4.78 is 0. The molecule has 7 heteroatoms. The van der Waals surface area contributed by atoms with Crippen molar-refractivity contribution in [2.75, 3.05) is 4.90 Å². The van der Waals surface area contributed by atoms with E-state index in [0.717, 1.165) is 16.7 Å². The summed E-state index contributed by atoms with van der Waals surface area (Å²) in [6.07, 6.45) is 3.17. The lowest BCUT2D eigenvalue weighted by Crippen LogP contribution is -2.46. The molecule has 0 aliphatic rings. The van der Waals surface area contributed by atoms with E-state index in [0.29, 0.717) is 11.3 Å². The quantitative estimate of drug-likeness (QED) is 0.271. The molecule has 0 aliphatic heterocycles. The smallest absolute Gasteiger partial charge is 0.261 e. The van der Waals surface area contributed by atoms with Crippen LogP contribution in [0.2, 0.25) is 0 Å². The van der Waals surface area contributed by atoms with E-state index in [1.54, 1.807) is 36.7 Å². The van der Waals surface area contributed by atoms with Gasteiger partial charge in [-0.2, -0.15) is 0 Å². The first kappa shape index (κ1) is 25.4. The SMILES string of the molecule is C[C@H](NC(=O)[C@H](c1cccnc1)N(C(=O)C(Cl)Cl)c1ccc(-c2ccccc2)cc1)c1ccccc1. The molecule has 4 rings (SSSR count). The van der Waals surface area contributed by atoms with Gasteiger partial charge in [-0.15, -0.1) is 0 Å². The van der Waals surface area contributed by atoms with Crippen molar-refractivity contribution in [3.05, 3.63) is 121 Å². The van der Waals surface area contributed by atoms with Crippen molar-refractivity contribution < 1.29 is 9.59 Å². The minimum Gasteiger partial charge on any atom is -0.347 e. The number of nitrogens with one attached hydrogen (secondary N) is 1. The van der Waals surface area contributed by atoms with Crippen molar-refractivity contribution >= 4 is 40.7 Å². The molecule has 1 heterocycles. The Labute approximate surface area is 220 Å². The fourth-order valence-corrected chi connectivity index (χ4v) is 4.24. The Morgan fingerprint density at radius 2 is 1.36 bits per heavy atom. The van der Waals surface area contributed by atoms with Crippen molar-refractivity contribution in [3.8, 4) is 11.1 Å². The molecule has 3 aromatic carbocycles. The van der Waals surface area contributed by atoms with Gasteiger partial charge in [-0.1, -0.05) is 102 Å². The van der Waals surface area contributed by atoms with Crippen LogP contribution in [0.1, 0.15) is 30.1 Å². The maximum absolute atomic E-state index is 13.7. The van der Waals surface area contributed by atoms with E-state index >= 15 is 0 Å². The molecule has 2 amide bonds. The predicted octanol–water partition coefficient (Wildman–Crippen LogP) is 6.50. The molecule has 0 saturated carbocycles. The number of rotatable bonds is 8. The molecule has 0 fully saturated rings. The zero-order valence-corrected chi connectivity index (χ0v) is 21.1. The fourth-order valence-electron chi connectivity index (χ4n) is 4.03. The van der Waals surface area contributed by atoms with E-state index in [-0.39, 0.29) is 11.9 Å². The number of anilines is 1. The van der Waals surface area contributed by atoms with E-state index in [4.69, 9.17) is 23.2 Å². The summed E-state index contributed by atoms with van der Waals surface area (Å²) in [5, 5.41) is 3.03. The summed E-state index contributed by atoms with van der Waals surface area (Å²) >= 11 is 12.1. The second-order valence-corrected chi connectivity index (χ2v) is 9.35. The second kappa shape index (κ2) is 11.8. The average Bonchev–Trinajstić information content (AvgIpc) is 2.92. The molecule has 5 nitrogen and oxygen atoms in total. The predicted molar refractivity (Wildman–Crippen MR) is 145 cm³/mol. The van der Waals surface area contributed by atoms with Gasteiger partial charge in [0.1, 0.15) is 6.04 Å². The van der Waals surface area contributed by atoms with E-state index in [1.165, 1.54) is 4.90 Å². The first-order chi connectivity index (χ1) is 17.5. The van der Waals surface area contributed by atoms with Gasteiger partial charge >= 0.3 is 0 Å². The standard InChI is InChI=1S/C29H25Cl2N3O2/c1-20(21-9-4-2-5-10-21)33-28(35)26(24-13-8-18-32-19-24)34(29(36)27(30)31)25-16-14-23(15-17-25)22-11-6-3-7-12-22/h2-20,26-27H,1H3,(H,33,35)/t20-,26-/m0/s1. The maximum Gasteiger partial charge on any atom is 0.261 e. The number of alkyl halides is 2. The summed E-state index contributed by atoms with van der Waals surface area (Å²) in [7, 11) is 0. The van der Waals surface area contributed by atoms with Crippen molar-refractivity contribution in [2.24, 2.45) is 0 Å². The highest BCUT2D eigenvalue weighted by Crippen LogP contribution is 2.32. The Balaban J connectivity index is 1.74. The summed E-state index contributed by atoms with van der Waals surface area (Å²) in [6, 6.07) is 29.0. The molecule has 0 spiro atoms. The molecule has 36 heavy (non-hydrogen) atoms. The lowest BCUT2D eigenvalue weighted by atomic mass is 10.0. The number of aromatic nitrogens is 1. The van der Waals surface area contributed by atoms with Gasteiger partial charge in [0, 0.05) is 23.6 Å². The molecule has 0 saturated heterocycles.